The van der Waals surface area contributed by atoms with E-state index in [1.54, 1.807) is 17.0 Å². The average Bonchev–Trinajstić information content (AvgIpc) is 2.85. The quantitative estimate of drug-likeness (QED) is 0.497. The van der Waals surface area contributed by atoms with Gasteiger partial charge in [-0.15, -0.1) is 0 Å². The molecule has 0 bridgehead atoms. The smallest absolute Gasteiger partial charge is 0.410 e. The zero-order valence-corrected chi connectivity index (χ0v) is 13.4. The van der Waals surface area contributed by atoms with Gasteiger partial charge in [0.2, 0.25) is 0 Å². The minimum absolute atomic E-state index is 0.0232. The first-order chi connectivity index (χ1) is 11.0. The van der Waals surface area contributed by atoms with Crippen LogP contribution in [-0.2, 0) is 11.3 Å². The first kappa shape index (κ1) is 16.1. The third kappa shape index (κ3) is 3.59. The van der Waals surface area contributed by atoms with E-state index < -0.39 is 4.92 Å². The lowest BCUT2D eigenvalue weighted by Gasteiger charge is -2.37. The molecule has 1 N–H and O–H groups in total. The highest BCUT2D eigenvalue weighted by Gasteiger charge is 2.41. The zero-order valence-electron chi connectivity index (χ0n) is 12.6. The Morgan fingerprint density at radius 2 is 2.09 bits per heavy atom. The lowest BCUT2D eigenvalue weighted by Crippen LogP contribution is -2.53. The normalized spacial score (nSPS) is 24.3. The highest BCUT2D eigenvalue weighted by atomic mass is 32.1. The van der Waals surface area contributed by atoms with Crippen molar-refractivity contribution in [1.29, 1.82) is 0 Å². The molecule has 2 aliphatic rings. The predicted octanol–water partition coefficient (Wildman–Crippen LogP) is 1.82. The Morgan fingerprint density at radius 3 is 2.65 bits per heavy atom. The minimum atomic E-state index is -0.454. The van der Waals surface area contributed by atoms with E-state index in [4.69, 9.17) is 4.74 Å². The number of nitro groups is 1. The van der Waals surface area contributed by atoms with Crippen molar-refractivity contribution in [1.82, 2.24) is 10.2 Å². The number of thiol groups is 1. The first-order valence-corrected chi connectivity index (χ1v) is 8.11. The summed E-state index contributed by atoms with van der Waals surface area (Å²) in [7, 11) is 0. The van der Waals surface area contributed by atoms with Gasteiger partial charge in [0, 0.05) is 49.0 Å². The van der Waals surface area contributed by atoms with Crippen molar-refractivity contribution in [3.63, 3.8) is 0 Å². The summed E-state index contributed by atoms with van der Waals surface area (Å²) in [5.41, 5.74) is 0.752. The molecular weight excluding hydrogens is 318 g/mol. The number of carbonyl (C=O) groups excluding carboxylic acids is 1. The fourth-order valence-electron chi connectivity index (χ4n) is 3.02. The second-order valence-electron chi connectivity index (χ2n) is 6.01. The molecule has 0 unspecified atom stereocenters. The van der Waals surface area contributed by atoms with Crippen LogP contribution in [0.4, 0.5) is 10.5 Å². The van der Waals surface area contributed by atoms with Crippen LogP contribution < -0.4 is 5.32 Å². The Balaban J connectivity index is 1.56. The topological polar surface area (TPSA) is 84.7 Å². The Kier molecular flexibility index (Phi) is 4.72. The molecule has 0 spiro atoms. The number of rotatable bonds is 4. The third-order valence-corrected chi connectivity index (χ3v) is 4.80. The number of hydrogen-bond acceptors (Lipinski definition) is 6. The molecule has 0 aliphatic carbocycles. The van der Waals surface area contributed by atoms with Gasteiger partial charge in [0.15, 0.2) is 0 Å². The van der Waals surface area contributed by atoms with Gasteiger partial charge in [0.1, 0.15) is 6.61 Å². The molecule has 0 saturated carbocycles. The maximum absolute atomic E-state index is 12.3. The highest BCUT2D eigenvalue weighted by molar-refractivity contribution is 7.81. The van der Waals surface area contributed by atoms with Crippen LogP contribution in [0.5, 0.6) is 0 Å². The van der Waals surface area contributed by atoms with E-state index in [1.165, 1.54) is 12.1 Å². The number of non-ortho nitro benzene ring substituents is 1. The number of nitrogens with zero attached hydrogens (tertiary/aromatic N) is 2. The standard InChI is InChI=1S/C15H19N3O4S/c19-15(17-8-13(23)5-14(17)11-6-16-7-11)22-9-10-1-3-12(4-2-10)18(20)21/h1-4,11,13-14,16,23H,5-9H2/t13-,14-/m0/s1. The maximum atomic E-state index is 12.3. The summed E-state index contributed by atoms with van der Waals surface area (Å²) in [4.78, 5) is 24.3. The number of ether oxygens (including phenoxy) is 1. The lowest BCUT2D eigenvalue weighted by atomic mass is 9.92. The molecule has 0 aromatic heterocycles. The second-order valence-corrected chi connectivity index (χ2v) is 6.74. The van der Waals surface area contributed by atoms with Gasteiger partial charge in [0.05, 0.1) is 4.92 Å². The average molecular weight is 337 g/mol. The summed E-state index contributed by atoms with van der Waals surface area (Å²) in [5, 5.41) is 14.0. The van der Waals surface area contributed by atoms with Gasteiger partial charge in [0.25, 0.3) is 5.69 Å². The van der Waals surface area contributed by atoms with E-state index in [9.17, 15) is 14.9 Å². The second kappa shape index (κ2) is 6.76. The Labute approximate surface area is 139 Å². The number of likely N-dealkylation sites (tertiary alicyclic amines) is 1. The molecule has 8 heteroatoms. The number of nitro benzene ring substituents is 1. The molecule has 2 fully saturated rings. The number of carbonyl (C=O) groups is 1. The lowest BCUT2D eigenvalue weighted by molar-refractivity contribution is -0.384. The molecule has 2 atom stereocenters. The molecule has 23 heavy (non-hydrogen) atoms. The molecule has 7 nitrogen and oxygen atoms in total. The molecule has 2 heterocycles. The Morgan fingerprint density at radius 1 is 1.39 bits per heavy atom. The molecule has 1 amide bonds. The van der Waals surface area contributed by atoms with Crippen LogP contribution in [-0.4, -0.2) is 46.8 Å². The fourth-order valence-corrected chi connectivity index (χ4v) is 3.42. The SMILES string of the molecule is O=C(OCc1ccc([N+](=O)[O-])cc1)N1C[C@@H](S)C[C@H]1C1CNC1. The van der Waals surface area contributed by atoms with Crippen LogP contribution in [0.1, 0.15) is 12.0 Å². The number of hydrogen-bond donors (Lipinski definition) is 2. The van der Waals surface area contributed by atoms with Crippen molar-refractivity contribution in [2.75, 3.05) is 19.6 Å². The van der Waals surface area contributed by atoms with E-state index in [0.717, 1.165) is 25.1 Å². The van der Waals surface area contributed by atoms with E-state index >= 15 is 0 Å². The van der Waals surface area contributed by atoms with Crippen LogP contribution in [0.25, 0.3) is 0 Å². The number of benzene rings is 1. The maximum Gasteiger partial charge on any atom is 0.410 e. The molecule has 2 aliphatic heterocycles. The summed E-state index contributed by atoms with van der Waals surface area (Å²) in [6.45, 7) is 2.57. The zero-order chi connectivity index (χ0) is 16.4. The van der Waals surface area contributed by atoms with Gasteiger partial charge >= 0.3 is 6.09 Å². The Hall–Kier alpha value is -1.80. The summed E-state index contributed by atoms with van der Waals surface area (Å²) in [6, 6.07) is 6.20. The molecule has 2 saturated heterocycles. The van der Waals surface area contributed by atoms with Crippen LogP contribution in [0.3, 0.4) is 0 Å². The van der Waals surface area contributed by atoms with Crippen molar-refractivity contribution in [2.45, 2.75) is 24.3 Å². The van der Waals surface area contributed by atoms with Crippen molar-refractivity contribution in [3.05, 3.63) is 39.9 Å². The van der Waals surface area contributed by atoms with Crippen molar-refractivity contribution in [3.8, 4) is 0 Å². The van der Waals surface area contributed by atoms with Crippen LogP contribution in [0, 0.1) is 16.0 Å². The van der Waals surface area contributed by atoms with Gasteiger partial charge in [-0.1, -0.05) is 0 Å². The van der Waals surface area contributed by atoms with Gasteiger partial charge in [-0.3, -0.25) is 10.1 Å². The van der Waals surface area contributed by atoms with Gasteiger partial charge < -0.3 is 15.0 Å². The van der Waals surface area contributed by atoms with Crippen molar-refractivity contribution in [2.24, 2.45) is 5.92 Å². The molecule has 1 aromatic carbocycles. The largest absolute Gasteiger partial charge is 0.445 e. The van der Waals surface area contributed by atoms with Crippen LogP contribution >= 0.6 is 12.6 Å². The molecular formula is C15H19N3O4S. The summed E-state index contributed by atoms with van der Waals surface area (Å²) in [6.07, 6.45) is 0.555. The summed E-state index contributed by atoms with van der Waals surface area (Å²) < 4.78 is 5.37. The van der Waals surface area contributed by atoms with Crippen molar-refractivity contribution < 1.29 is 14.5 Å². The number of nitrogens with one attached hydrogen (secondary N) is 1. The molecule has 124 valence electrons. The summed E-state index contributed by atoms with van der Waals surface area (Å²) in [5.74, 6) is 0.471. The fraction of sp³-hybridized carbons (Fsp3) is 0.533. The van der Waals surface area contributed by atoms with E-state index in [-0.39, 0.29) is 29.7 Å². The highest BCUT2D eigenvalue weighted by Crippen LogP contribution is 2.30. The monoisotopic (exact) mass is 337 g/mol. The molecule has 1 aromatic rings. The van der Waals surface area contributed by atoms with E-state index in [0.29, 0.717) is 12.5 Å². The van der Waals surface area contributed by atoms with E-state index in [1.807, 2.05) is 0 Å². The summed E-state index contributed by atoms with van der Waals surface area (Å²) >= 11 is 4.50. The van der Waals surface area contributed by atoms with Crippen LogP contribution in [0.15, 0.2) is 24.3 Å². The molecule has 3 rings (SSSR count). The Bertz CT molecular complexity index is 591. The predicted molar refractivity (Wildman–Crippen MR) is 87.5 cm³/mol. The minimum Gasteiger partial charge on any atom is -0.445 e. The van der Waals surface area contributed by atoms with Gasteiger partial charge in [-0.2, -0.15) is 12.6 Å². The van der Waals surface area contributed by atoms with Gasteiger partial charge in [-0.25, -0.2) is 4.79 Å². The van der Waals surface area contributed by atoms with Gasteiger partial charge in [-0.05, 0) is 24.1 Å². The van der Waals surface area contributed by atoms with Crippen LogP contribution in [0.2, 0.25) is 0 Å². The van der Waals surface area contributed by atoms with E-state index in [2.05, 4.69) is 17.9 Å². The molecule has 0 radical (unpaired) electrons. The first-order valence-electron chi connectivity index (χ1n) is 7.60. The third-order valence-electron chi connectivity index (χ3n) is 4.42. The van der Waals surface area contributed by atoms with Crippen molar-refractivity contribution >= 4 is 24.4 Å². The number of amides is 1.